The first-order chi connectivity index (χ1) is 6.58. The van der Waals surface area contributed by atoms with Crippen LogP contribution in [0.25, 0.3) is 10.1 Å². The van der Waals surface area contributed by atoms with Crippen LogP contribution in [-0.4, -0.2) is 11.1 Å². The Balaban J connectivity index is 2.72. The summed E-state index contributed by atoms with van der Waals surface area (Å²) in [5.74, 6) is -0.873. The molecule has 2 aromatic rings. The van der Waals surface area contributed by atoms with Gasteiger partial charge < -0.3 is 5.11 Å². The molecule has 0 bridgehead atoms. The lowest BCUT2D eigenvalue weighted by Crippen LogP contribution is -1.89. The van der Waals surface area contributed by atoms with Crippen molar-refractivity contribution in [2.24, 2.45) is 0 Å². The lowest BCUT2D eigenvalue weighted by Gasteiger charge is -1.95. The molecule has 0 aliphatic carbocycles. The highest BCUT2D eigenvalue weighted by atomic mass is 127. The Morgan fingerprint density at radius 2 is 2.14 bits per heavy atom. The van der Waals surface area contributed by atoms with Crippen molar-refractivity contribution < 1.29 is 9.90 Å². The second-order valence-corrected chi connectivity index (χ2v) is 5.49. The van der Waals surface area contributed by atoms with Crippen molar-refractivity contribution in [3.05, 3.63) is 26.6 Å². The molecule has 0 amide bonds. The molecule has 0 aliphatic rings. The largest absolute Gasteiger partial charge is 0.477 e. The van der Waals surface area contributed by atoms with Gasteiger partial charge in [0.1, 0.15) is 4.88 Å². The molecule has 0 aliphatic heterocycles. The predicted octanol–water partition coefficient (Wildman–Crippen LogP) is 3.49. The lowest BCUT2D eigenvalue weighted by molar-refractivity contribution is 0.0702. The number of aromatic carboxylic acids is 1. The Morgan fingerprint density at radius 3 is 2.79 bits per heavy atom. The molecular weight excluding hydrogens is 331 g/mol. The highest BCUT2D eigenvalue weighted by Gasteiger charge is 2.09. The van der Waals surface area contributed by atoms with Crippen LogP contribution in [-0.2, 0) is 0 Å². The average Bonchev–Trinajstić information content (AvgIpc) is 2.48. The fourth-order valence-electron chi connectivity index (χ4n) is 1.15. The fraction of sp³-hybridized carbons (Fsp3) is 0. The Bertz CT molecular complexity index is 480. The molecule has 0 saturated carbocycles. The normalized spacial score (nSPS) is 10.7. The van der Waals surface area contributed by atoms with Crippen molar-refractivity contribution in [1.29, 1.82) is 0 Å². The Labute approximate surface area is 103 Å². The Kier molecular flexibility index (Phi) is 2.72. The van der Waals surface area contributed by atoms with Crippen LogP contribution in [0.15, 0.2) is 23.1 Å². The molecule has 0 fully saturated rings. The van der Waals surface area contributed by atoms with E-state index in [2.05, 4.69) is 35.2 Å². The van der Waals surface area contributed by atoms with Crippen molar-refractivity contribution in [3.63, 3.8) is 0 Å². The molecule has 1 aromatic heterocycles. The number of carboxylic acids is 1. The minimum atomic E-state index is -0.873. The number of carboxylic acid groups (broad SMARTS) is 1. The zero-order valence-electron chi connectivity index (χ0n) is 6.82. The summed E-state index contributed by atoms with van der Waals surface area (Å²) in [5.41, 5.74) is 0. The third kappa shape index (κ3) is 1.76. The Morgan fingerprint density at radius 1 is 1.43 bits per heavy atom. The summed E-state index contributed by atoms with van der Waals surface area (Å²) in [7, 11) is 0. The number of halogens is 1. The molecule has 0 saturated heterocycles. The van der Waals surface area contributed by atoms with Gasteiger partial charge >= 0.3 is 5.97 Å². The molecule has 0 radical (unpaired) electrons. The first-order valence-electron chi connectivity index (χ1n) is 3.73. The number of thiol groups is 1. The smallest absolute Gasteiger partial charge is 0.345 e. The van der Waals surface area contributed by atoms with Gasteiger partial charge in [0.05, 0.1) is 0 Å². The molecule has 14 heavy (non-hydrogen) atoms. The number of benzene rings is 1. The van der Waals surface area contributed by atoms with E-state index in [0.29, 0.717) is 4.88 Å². The summed E-state index contributed by atoms with van der Waals surface area (Å²) in [5, 5.41) is 9.78. The van der Waals surface area contributed by atoms with E-state index in [1.165, 1.54) is 11.3 Å². The van der Waals surface area contributed by atoms with Crippen LogP contribution in [0.2, 0.25) is 0 Å². The van der Waals surface area contributed by atoms with Gasteiger partial charge in [0.25, 0.3) is 0 Å². The first-order valence-corrected chi connectivity index (χ1v) is 6.07. The van der Waals surface area contributed by atoms with Gasteiger partial charge in [-0.3, -0.25) is 0 Å². The van der Waals surface area contributed by atoms with E-state index in [1.807, 2.05) is 12.1 Å². The number of carbonyl (C=O) groups is 1. The molecule has 5 heteroatoms. The monoisotopic (exact) mass is 336 g/mol. The Hall–Kier alpha value is -0.270. The van der Waals surface area contributed by atoms with Crippen LogP contribution >= 0.6 is 46.6 Å². The van der Waals surface area contributed by atoms with Crippen LogP contribution in [0.5, 0.6) is 0 Å². The van der Waals surface area contributed by atoms with Crippen LogP contribution in [0.3, 0.4) is 0 Å². The van der Waals surface area contributed by atoms with E-state index in [4.69, 9.17) is 5.11 Å². The maximum absolute atomic E-state index is 10.7. The molecular formula is C9H5IO2S2. The van der Waals surface area contributed by atoms with Crippen molar-refractivity contribution in [2.75, 3.05) is 0 Å². The van der Waals surface area contributed by atoms with E-state index in [-0.39, 0.29) is 0 Å². The van der Waals surface area contributed by atoms with E-state index in [0.717, 1.165) is 18.6 Å². The zero-order valence-corrected chi connectivity index (χ0v) is 10.7. The van der Waals surface area contributed by atoms with E-state index < -0.39 is 5.97 Å². The number of rotatable bonds is 1. The number of fused-ring (bicyclic) bond motifs is 1. The van der Waals surface area contributed by atoms with Crippen molar-refractivity contribution in [2.45, 2.75) is 4.90 Å². The number of hydrogen-bond acceptors (Lipinski definition) is 3. The standard InChI is InChI=1S/C9H5IO2S2/c10-5-1-4-2-8(9(11)12)14-7(4)3-6(5)13/h1-3,13H,(H,11,12). The predicted molar refractivity (Wildman–Crippen MR) is 68.8 cm³/mol. The summed E-state index contributed by atoms with van der Waals surface area (Å²) in [6.45, 7) is 0. The highest BCUT2D eigenvalue weighted by molar-refractivity contribution is 14.1. The zero-order chi connectivity index (χ0) is 10.3. The van der Waals surface area contributed by atoms with Gasteiger partial charge in [-0.25, -0.2) is 4.79 Å². The van der Waals surface area contributed by atoms with Crippen LogP contribution in [0.1, 0.15) is 9.67 Å². The minimum Gasteiger partial charge on any atom is -0.477 e. The lowest BCUT2D eigenvalue weighted by atomic mass is 10.2. The van der Waals surface area contributed by atoms with Gasteiger partial charge in [0.15, 0.2) is 0 Å². The van der Waals surface area contributed by atoms with Gasteiger partial charge in [-0.05, 0) is 46.2 Å². The van der Waals surface area contributed by atoms with Crippen LogP contribution in [0.4, 0.5) is 0 Å². The molecule has 0 unspecified atom stereocenters. The molecule has 72 valence electrons. The second kappa shape index (κ2) is 3.71. The first kappa shape index (κ1) is 10.3. The highest BCUT2D eigenvalue weighted by Crippen LogP contribution is 2.30. The van der Waals surface area contributed by atoms with Gasteiger partial charge in [-0.1, -0.05) is 0 Å². The van der Waals surface area contributed by atoms with Crippen LogP contribution < -0.4 is 0 Å². The maximum atomic E-state index is 10.7. The van der Waals surface area contributed by atoms with Crippen molar-refractivity contribution in [1.82, 2.24) is 0 Å². The number of hydrogen-bond donors (Lipinski definition) is 2. The molecule has 2 rings (SSSR count). The molecule has 1 heterocycles. The maximum Gasteiger partial charge on any atom is 0.345 e. The van der Waals surface area contributed by atoms with E-state index >= 15 is 0 Å². The van der Waals surface area contributed by atoms with Gasteiger partial charge in [0.2, 0.25) is 0 Å². The van der Waals surface area contributed by atoms with Gasteiger partial charge in [-0.2, -0.15) is 0 Å². The molecule has 1 aromatic carbocycles. The fourth-order valence-corrected chi connectivity index (χ4v) is 2.85. The van der Waals surface area contributed by atoms with Gasteiger partial charge in [0, 0.05) is 13.2 Å². The summed E-state index contributed by atoms with van der Waals surface area (Å²) in [6.07, 6.45) is 0. The topological polar surface area (TPSA) is 37.3 Å². The quantitative estimate of drug-likeness (QED) is 0.618. The summed E-state index contributed by atoms with van der Waals surface area (Å²) < 4.78 is 2.00. The summed E-state index contributed by atoms with van der Waals surface area (Å²) >= 11 is 7.74. The number of thiophene rings is 1. The van der Waals surface area contributed by atoms with E-state index in [9.17, 15) is 4.79 Å². The summed E-state index contributed by atoms with van der Waals surface area (Å²) in [4.78, 5) is 12.0. The van der Waals surface area contributed by atoms with Gasteiger partial charge in [-0.15, -0.1) is 24.0 Å². The average molecular weight is 336 g/mol. The van der Waals surface area contributed by atoms with E-state index in [1.54, 1.807) is 6.07 Å². The SMILES string of the molecule is O=C(O)c1cc2cc(I)c(S)cc2s1. The second-order valence-electron chi connectivity index (χ2n) is 2.76. The molecule has 2 nitrogen and oxygen atoms in total. The third-order valence-electron chi connectivity index (χ3n) is 1.80. The van der Waals surface area contributed by atoms with Crippen molar-refractivity contribution in [3.8, 4) is 0 Å². The molecule has 1 N–H and O–H groups in total. The summed E-state index contributed by atoms with van der Waals surface area (Å²) in [6, 6.07) is 5.54. The third-order valence-corrected chi connectivity index (χ3v) is 4.57. The van der Waals surface area contributed by atoms with Crippen LogP contribution in [0, 0.1) is 3.57 Å². The molecule has 0 spiro atoms. The minimum absolute atomic E-state index is 0.370. The van der Waals surface area contributed by atoms with Crippen molar-refractivity contribution >= 4 is 62.6 Å². The molecule has 0 atom stereocenters.